The van der Waals surface area contributed by atoms with Gasteiger partial charge in [-0.1, -0.05) is 89.2 Å². The van der Waals surface area contributed by atoms with E-state index < -0.39 is 30.9 Å². The van der Waals surface area contributed by atoms with E-state index in [9.17, 15) is 27.0 Å². The van der Waals surface area contributed by atoms with Crippen LogP contribution in [0, 0.1) is 23.7 Å². The van der Waals surface area contributed by atoms with Gasteiger partial charge in [0.15, 0.2) is 19.7 Å². The molecule has 0 fully saturated rings. The largest absolute Gasteiger partial charge is 0.378 e. The highest BCUT2D eigenvalue weighted by atomic mass is 35.5. The molecule has 2 aromatic carbocycles. The lowest BCUT2D eigenvalue weighted by Crippen LogP contribution is -2.17. The van der Waals surface area contributed by atoms with E-state index in [0.717, 1.165) is 50.1 Å². The minimum absolute atomic E-state index is 0.107. The van der Waals surface area contributed by atoms with Crippen LogP contribution in [-0.4, -0.2) is 80.3 Å². The van der Waals surface area contributed by atoms with E-state index in [4.69, 9.17) is 21.6 Å². The molecule has 2 N–H and O–H groups in total. The number of nitrogens with zero attached hydrogens (tertiary/aromatic N) is 6. The van der Waals surface area contributed by atoms with Gasteiger partial charge in [0.1, 0.15) is 22.6 Å². The molecule has 6 aromatic rings. The molecule has 4 heterocycles. The first kappa shape index (κ1) is 48.9. The Kier molecular flexibility index (Phi) is 13.6. The summed E-state index contributed by atoms with van der Waals surface area (Å²) < 4.78 is 51.0. The fraction of sp³-hybridized carbons (Fsp3) is 0.417. The van der Waals surface area contributed by atoms with Crippen LogP contribution in [0.2, 0.25) is 5.02 Å². The predicted octanol–water partition coefficient (Wildman–Crippen LogP) is 7.85. The number of para-hydroxylation sites is 1. The Balaban J connectivity index is 0.000000238. The Morgan fingerprint density at radius 2 is 1.00 bits per heavy atom. The molecule has 334 valence electrons. The van der Waals surface area contributed by atoms with Crippen LogP contribution >= 0.6 is 11.6 Å². The number of pyridine rings is 2. The smallest absolute Gasteiger partial charge is 0.153 e. The van der Waals surface area contributed by atoms with Crippen molar-refractivity contribution in [1.29, 1.82) is 0 Å². The Morgan fingerprint density at radius 1 is 0.587 bits per heavy atom. The first-order valence-corrected chi connectivity index (χ1v) is 24.7. The fourth-order valence-electron chi connectivity index (χ4n) is 7.08. The highest BCUT2D eigenvalue weighted by molar-refractivity contribution is 7.90. The molecule has 0 aliphatic heterocycles. The van der Waals surface area contributed by atoms with Crippen LogP contribution < -0.4 is 0 Å². The van der Waals surface area contributed by atoms with Gasteiger partial charge < -0.3 is 10.2 Å². The summed E-state index contributed by atoms with van der Waals surface area (Å²) in [5, 5.41) is 30.7. The van der Waals surface area contributed by atoms with E-state index in [2.05, 4.69) is 75.4 Å². The molecular formula is C48H57ClN6O6S2. The average Bonchev–Trinajstić information content (AvgIpc) is 3.62. The summed E-state index contributed by atoms with van der Waals surface area (Å²) >= 11 is 6.50. The maximum absolute atomic E-state index is 11.9. The summed E-state index contributed by atoms with van der Waals surface area (Å²) in [6.07, 6.45) is 2.40. The second-order valence-corrected chi connectivity index (χ2v) is 23.8. The zero-order valence-corrected chi connectivity index (χ0v) is 40.9. The second kappa shape index (κ2) is 17.5. The molecular weight excluding hydrogens is 856 g/mol. The van der Waals surface area contributed by atoms with Crippen molar-refractivity contribution in [2.75, 3.05) is 12.5 Å². The van der Waals surface area contributed by atoms with Crippen LogP contribution in [0.5, 0.6) is 0 Å². The Morgan fingerprint density at radius 3 is 1.44 bits per heavy atom. The van der Waals surface area contributed by atoms with Gasteiger partial charge in [-0.15, -0.1) is 0 Å². The molecule has 0 spiro atoms. The summed E-state index contributed by atoms with van der Waals surface area (Å²) in [4.78, 5) is 9.62. The lowest BCUT2D eigenvalue weighted by Gasteiger charge is -2.22. The van der Waals surface area contributed by atoms with Crippen molar-refractivity contribution in [2.24, 2.45) is 14.1 Å². The van der Waals surface area contributed by atoms with Gasteiger partial charge in [0, 0.05) is 70.5 Å². The molecule has 0 aliphatic carbocycles. The van der Waals surface area contributed by atoms with Crippen molar-refractivity contribution < 1.29 is 27.0 Å². The first-order valence-electron chi connectivity index (χ1n) is 20.2. The molecule has 0 bridgehead atoms. The normalized spacial score (nSPS) is 12.7. The summed E-state index contributed by atoms with van der Waals surface area (Å²) in [5.74, 6) is 11.2. The zero-order chi connectivity index (χ0) is 47.2. The summed E-state index contributed by atoms with van der Waals surface area (Å²) in [5.41, 5.74) is 6.28. The highest BCUT2D eigenvalue weighted by Gasteiger charge is 2.27. The standard InChI is InChI=1S/C24H28ClN3O3S.C24H29N3O3S/c1-23(2,3)22-17(9-8-15(26-22)12-13-24(4,5)29)16-10-11-18(25)20-19(14-32(7,30)31)27-28(6)21(16)20;1-23(2,3)22-18(12-11-16(25-22)13-14-24(4,5)28)17-9-8-10-19-20(15-31(7,29)30)26-27(6)21(17)19/h8-11,29H,14H2,1-7H3;8-12,28H,15H2,1-7H3. The van der Waals surface area contributed by atoms with Crippen molar-refractivity contribution in [2.45, 2.75) is 103 Å². The number of aromatic nitrogens is 6. The van der Waals surface area contributed by atoms with Gasteiger partial charge in [-0.25, -0.2) is 26.8 Å². The van der Waals surface area contributed by atoms with Crippen LogP contribution in [0.1, 0.15) is 103 Å². The average molecular weight is 914 g/mol. The van der Waals surface area contributed by atoms with Crippen LogP contribution in [0.25, 0.3) is 44.1 Å². The highest BCUT2D eigenvalue weighted by Crippen LogP contribution is 2.40. The van der Waals surface area contributed by atoms with Gasteiger partial charge in [-0.3, -0.25) is 9.36 Å². The number of hydrogen-bond acceptors (Lipinski definition) is 10. The zero-order valence-electron chi connectivity index (χ0n) is 38.5. The van der Waals surface area contributed by atoms with E-state index in [1.807, 2.05) is 55.6 Å². The third kappa shape index (κ3) is 12.3. The monoisotopic (exact) mass is 912 g/mol. The number of hydrogen-bond donors (Lipinski definition) is 2. The van der Waals surface area contributed by atoms with E-state index in [1.54, 1.807) is 50.2 Å². The quantitative estimate of drug-likeness (QED) is 0.157. The molecule has 0 unspecified atom stereocenters. The van der Waals surface area contributed by atoms with Gasteiger partial charge in [0.2, 0.25) is 0 Å². The maximum atomic E-state index is 11.9. The molecule has 0 atom stereocenters. The molecule has 0 amide bonds. The number of fused-ring (bicyclic) bond motifs is 2. The SMILES string of the molecule is Cn1nc(CS(C)(=O)=O)c2c(Cl)ccc(-c3ccc(C#CC(C)(C)O)nc3C(C)(C)C)c21.Cn1nc(CS(C)(=O)=O)c2cccc(-c3ccc(C#CC(C)(C)O)nc3C(C)(C)C)c21. The number of rotatable bonds is 6. The lowest BCUT2D eigenvalue weighted by molar-refractivity contribution is 0.143. The van der Waals surface area contributed by atoms with Crippen molar-refractivity contribution in [3.05, 3.63) is 93.8 Å². The fourth-order valence-corrected chi connectivity index (χ4v) is 8.75. The van der Waals surface area contributed by atoms with E-state index in [0.29, 0.717) is 33.2 Å². The predicted molar refractivity (Wildman–Crippen MR) is 254 cm³/mol. The third-order valence-corrected chi connectivity index (χ3v) is 11.4. The molecule has 63 heavy (non-hydrogen) atoms. The van der Waals surface area contributed by atoms with Crippen LogP contribution in [-0.2, 0) is 56.1 Å². The molecule has 0 radical (unpaired) electrons. The lowest BCUT2D eigenvalue weighted by atomic mass is 9.85. The van der Waals surface area contributed by atoms with Gasteiger partial charge in [0.05, 0.1) is 50.3 Å². The number of aryl methyl sites for hydroxylation is 2. The van der Waals surface area contributed by atoms with E-state index in [1.165, 1.54) is 12.5 Å². The maximum Gasteiger partial charge on any atom is 0.153 e. The van der Waals surface area contributed by atoms with Gasteiger partial charge in [0.25, 0.3) is 0 Å². The minimum Gasteiger partial charge on any atom is -0.378 e. The molecule has 0 saturated carbocycles. The molecule has 15 heteroatoms. The van der Waals surface area contributed by atoms with Crippen molar-refractivity contribution in [3.63, 3.8) is 0 Å². The van der Waals surface area contributed by atoms with E-state index in [-0.39, 0.29) is 22.3 Å². The Bertz CT molecular complexity index is 3100. The number of sulfone groups is 2. The first-order chi connectivity index (χ1) is 28.7. The topological polar surface area (TPSA) is 170 Å². The van der Waals surface area contributed by atoms with E-state index >= 15 is 0 Å². The summed E-state index contributed by atoms with van der Waals surface area (Å²) in [6, 6.07) is 17.1. The Hall–Kier alpha value is -5.09. The molecule has 4 aromatic heterocycles. The van der Waals surface area contributed by atoms with Gasteiger partial charge in [-0.2, -0.15) is 10.2 Å². The van der Waals surface area contributed by atoms with Crippen LogP contribution in [0.4, 0.5) is 0 Å². The minimum atomic E-state index is -3.29. The van der Waals surface area contributed by atoms with Crippen LogP contribution in [0.3, 0.4) is 0 Å². The van der Waals surface area contributed by atoms with Crippen LogP contribution in [0.15, 0.2) is 54.6 Å². The van der Waals surface area contributed by atoms with Crippen molar-refractivity contribution >= 4 is 53.1 Å². The number of halogens is 1. The van der Waals surface area contributed by atoms with Crippen molar-refractivity contribution in [1.82, 2.24) is 29.5 Å². The molecule has 0 saturated heterocycles. The van der Waals surface area contributed by atoms with Gasteiger partial charge in [-0.05, 0) is 69.9 Å². The molecule has 12 nitrogen and oxygen atoms in total. The summed E-state index contributed by atoms with van der Waals surface area (Å²) in [7, 11) is -2.90. The third-order valence-electron chi connectivity index (χ3n) is 9.53. The summed E-state index contributed by atoms with van der Waals surface area (Å²) in [6.45, 7) is 19.0. The second-order valence-electron chi connectivity index (χ2n) is 19.1. The molecule has 6 rings (SSSR count). The molecule has 0 aliphatic rings. The van der Waals surface area contributed by atoms with Crippen molar-refractivity contribution in [3.8, 4) is 45.9 Å². The number of benzene rings is 2. The number of aliphatic hydroxyl groups is 2. The van der Waals surface area contributed by atoms with Gasteiger partial charge >= 0.3 is 0 Å². The Labute approximate surface area is 377 Å².